The van der Waals surface area contributed by atoms with Gasteiger partial charge in [-0.15, -0.1) is 0 Å². The van der Waals surface area contributed by atoms with Crippen molar-refractivity contribution in [2.24, 2.45) is 0 Å². The summed E-state index contributed by atoms with van der Waals surface area (Å²) in [5.74, 6) is -15.6. The highest BCUT2D eigenvalue weighted by Gasteiger charge is 2.80. The molecule has 0 atom stereocenters. The summed E-state index contributed by atoms with van der Waals surface area (Å²) in [4.78, 5) is 0. The molecule has 0 aliphatic heterocycles. The maximum absolute atomic E-state index is 15.3. The molecule has 0 spiro atoms. The molecule has 4 rings (SSSR count). The van der Waals surface area contributed by atoms with Gasteiger partial charge in [-0.25, -0.2) is 0 Å². The number of benzene rings is 2. The molecular formula is C25H24F6. The van der Waals surface area contributed by atoms with Crippen LogP contribution in [0.5, 0.6) is 0 Å². The van der Waals surface area contributed by atoms with E-state index in [1.165, 1.54) is 13.8 Å². The zero-order chi connectivity index (χ0) is 23.3. The van der Waals surface area contributed by atoms with Gasteiger partial charge < -0.3 is 0 Å². The predicted molar refractivity (Wildman–Crippen MR) is 110 cm³/mol. The average Bonchev–Trinajstić information content (AvgIpc) is 2.72. The highest BCUT2D eigenvalue weighted by atomic mass is 19.3. The van der Waals surface area contributed by atoms with Crippen molar-refractivity contribution in [2.75, 3.05) is 0 Å². The molecule has 0 N–H and O–H groups in total. The van der Waals surface area contributed by atoms with Gasteiger partial charge in [-0.3, -0.25) is 0 Å². The zero-order valence-electron chi connectivity index (χ0n) is 18.3. The Kier molecular flexibility index (Phi) is 4.53. The molecule has 4 bridgehead atoms. The number of hydrogen-bond donors (Lipinski definition) is 0. The van der Waals surface area contributed by atoms with Gasteiger partial charge in [0.15, 0.2) is 0 Å². The van der Waals surface area contributed by atoms with Gasteiger partial charge in [0.1, 0.15) is 0 Å². The molecule has 0 saturated carbocycles. The summed E-state index contributed by atoms with van der Waals surface area (Å²) in [5, 5.41) is 0. The van der Waals surface area contributed by atoms with Crippen molar-refractivity contribution in [3.8, 4) is 0 Å². The highest BCUT2D eigenvalue weighted by Crippen LogP contribution is 2.66. The first-order valence-corrected chi connectivity index (χ1v) is 10.2. The molecule has 2 aromatic rings. The van der Waals surface area contributed by atoms with Gasteiger partial charge in [-0.1, -0.05) is 12.1 Å². The molecule has 2 aliphatic carbocycles. The molecule has 0 fully saturated rings. The van der Waals surface area contributed by atoms with E-state index in [2.05, 4.69) is 0 Å². The van der Waals surface area contributed by atoms with E-state index in [0.29, 0.717) is 35.1 Å². The topological polar surface area (TPSA) is 0 Å². The van der Waals surface area contributed by atoms with E-state index in [4.69, 9.17) is 0 Å². The van der Waals surface area contributed by atoms with Crippen molar-refractivity contribution in [3.05, 3.63) is 67.8 Å². The van der Waals surface area contributed by atoms with Crippen LogP contribution >= 0.6 is 0 Å². The normalized spacial score (nSPS) is 20.6. The molecule has 31 heavy (non-hydrogen) atoms. The number of allylic oxidation sites excluding steroid dienone is 2. The van der Waals surface area contributed by atoms with E-state index < -0.39 is 28.9 Å². The lowest BCUT2D eigenvalue weighted by Crippen LogP contribution is -2.49. The molecule has 0 heterocycles. The molecule has 0 unspecified atom stereocenters. The van der Waals surface area contributed by atoms with E-state index >= 15 is 17.6 Å². The SMILES string of the molecule is Cc1cc(C)c2c(C)c1CCc1c(C)cc(C)c(c1C)C1=C2C(F)(F)C(F)(F)C1(F)F. The summed E-state index contributed by atoms with van der Waals surface area (Å²) in [5.41, 5.74) is 1.66. The number of hydrogen-bond acceptors (Lipinski definition) is 0. The van der Waals surface area contributed by atoms with Crippen LogP contribution in [0.1, 0.15) is 55.6 Å². The summed E-state index contributed by atoms with van der Waals surface area (Å²) in [6, 6.07) is 3.27. The maximum Gasteiger partial charge on any atom is 0.380 e. The van der Waals surface area contributed by atoms with E-state index in [9.17, 15) is 8.78 Å². The second-order valence-corrected chi connectivity index (χ2v) is 8.95. The van der Waals surface area contributed by atoms with E-state index in [1.54, 1.807) is 26.0 Å². The summed E-state index contributed by atoms with van der Waals surface area (Å²) in [6.07, 6.45) is 1.02. The lowest BCUT2D eigenvalue weighted by atomic mass is 9.79. The molecule has 0 radical (unpaired) electrons. The Morgan fingerprint density at radius 3 is 1.19 bits per heavy atom. The smallest absolute Gasteiger partial charge is 0.194 e. The Bertz CT molecular complexity index is 1080. The first-order valence-electron chi connectivity index (χ1n) is 10.2. The van der Waals surface area contributed by atoms with Gasteiger partial charge >= 0.3 is 17.8 Å². The molecule has 0 nitrogen and oxygen atoms in total. The molecule has 0 amide bonds. The maximum atomic E-state index is 15.3. The van der Waals surface area contributed by atoms with Crippen LogP contribution < -0.4 is 0 Å². The van der Waals surface area contributed by atoms with Crippen LogP contribution in [-0.2, 0) is 12.8 Å². The minimum Gasteiger partial charge on any atom is -0.194 e. The highest BCUT2D eigenvalue weighted by molar-refractivity contribution is 6.03. The minimum atomic E-state index is -5.54. The zero-order valence-corrected chi connectivity index (χ0v) is 18.3. The largest absolute Gasteiger partial charge is 0.380 e. The second-order valence-electron chi connectivity index (χ2n) is 8.95. The standard InChI is InChI=1S/C25H24F6/c1-11-9-13(3)19-15(5)17(11)7-8-18-12(2)10-14(4)20(16(18)6)22-21(19)23(26,27)25(30,31)24(22,28)29/h9-10H,7-8H2,1-6H3. The molecule has 2 aromatic carbocycles. The molecule has 2 aliphatic rings. The van der Waals surface area contributed by atoms with Crippen LogP contribution in [0.3, 0.4) is 0 Å². The van der Waals surface area contributed by atoms with Crippen molar-refractivity contribution in [3.63, 3.8) is 0 Å². The van der Waals surface area contributed by atoms with Gasteiger partial charge in [0.25, 0.3) is 0 Å². The number of rotatable bonds is 0. The van der Waals surface area contributed by atoms with Gasteiger partial charge in [-0.2, -0.15) is 26.3 Å². The van der Waals surface area contributed by atoms with E-state index in [1.807, 2.05) is 13.8 Å². The predicted octanol–water partition coefficient (Wildman–Crippen LogP) is 7.47. The third-order valence-corrected chi connectivity index (χ3v) is 7.05. The molecule has 166 valence electrons. The van der Waals surface area contributed by atoms with Crippen molar-refractivity contribution < 1.29 is 26.3 Å². The summed E-state index contributed by atoms with van der Waals surface area (Å²) >= 11 is 0. The lowest BCUT2D eigenvalue weighted by molar-refractivity contribution is -0.254. The Labute approximate surface area is 178 Å². The Morgan fingerprint density at radius 1 is 0.548 bits per heavy atom. The molecular weight excluding hydrogens is 414 g/mol. The van der Waals surface area contributed by atoms with Gasteiger partial charge in [0, 0.05) is 11.1 Å². The third-order valence-electron chi connectivity index (χ3n) is 7.05. The van der Waals surface area contributed by atoms with Crippen LogP contribution in [0, 0.1) is 41.5 Å². The fraction of sp³-hybridized carbons (Fsp3) is 0.440. The quantitative estimate of drug-likeness (QED) is 0.375. The number of aryl methyl sites for hydroxylation is 4. The average molecular weight is 438 g/mol. The van der Waals surface area contributed by atoms with Crippen molar-refractivity contribution in [2.45, 2.75) is 72.2 Å². The van der Waals surface area contributed by atoms with Crippen LogP contribution in [0.25, 0.3) is 11.1 Å². The monoisotopic (exact) mass is 438 g/mol. The second kappa shape index (κ2) is 6.39. The number of halogens is 6. The number of alkyl halides is 6. The van der Waals surface area contributed by atoms with Gasteiger partial charge in [0.05, 0.1) is 0 Å². The van der Waals surface area contributed by atoms with Crippen LogP contribution in [0.15, 0.2) is 12.1 Å². The van der Waals surface area contributed by atoms with Crippen LogP contribution in [0.4, 0.5) is 26.3 Å². The van der Waals surface area contributed by atoms with Crippen molar-refractivity contribution in [1.82, 2.24) is 0 Å². The lowest BCUT2D eigenvalue weighted by Gasteiger charge is -2.27. The third kappa shape index (κ3) is 2.56. The Morgan fingerprint density at radius 2 is 0.871 bits per heavy atom. The molecule has 0 aromatic heterocycles. The first-order chi connectivity index (χ1) is 14.2. The van der Waals surface area contributed by atoms with Gasteiger partial charge in [-0.05, 0) is 110 Å². The van der Waals surface area contributed by atoms with Crippen molar-refractivity contribution >= 4 is 11.1 Å². The molecule has 6 heteroatoms. The first kappa shape index (κ1) is 22.0. The summed E-state index contributed by atoms with van der Waals surface area (Å²) < 4.78 is 90.5. The number of fused-ring (bicyclic) bond motifs is 6. The fourth-order valence-electron chi connectivity index (χ4n) is 5.63. The Hall–Kier alpha value is -2.24. The minimum absolute atomic E-state index is 0.180. The van der Waals surface area contributed by atoms with E-state index in [0.717, 1.165) is 22.3 Å². The van der Waals surface area contributed by atoms with Crippen LogP contribution in [0.2, 0.25) is 0 Å². The fourth-order valence-corrected chi connectivity index (χ4v) is 5.63. The van der Waals surface area contributed by atoms with Gasteiger partial charge in [0.2, 0.25) is 0 Å². The summed E-state index contributed by atoms with van der Waals surface area (Å²) in [6.45, 7) is 9.83. The summed E-state index contributed by atoms with van der Waals surface area (Å²) in [7, 11) is 0. The molecule has 0 saturated heterocycles. The van der Waals surface area contributed by atoms with Crippen LogP contribution in [-0.4, -0.2) is 17.8 Å². The van der Waals surface area contributed by atoms with Crippen molar-refractivity contribution in [1.29, 1.82) is 0 Å². The van der Waals surface area contributed by atoms with E-state index in [-0.39, 0.29) is 11.1 Å². The Balaban J connectivity index is 2.32.